The van der Waals surface area contributed by atoms with Crippen molar-refractivity contribution in [1.29, 1.82) is 0 Å². The highest BCUT2D eigenvalue weighted by Crippen LogP contribution is 2.41. The number of fused-ring (bicyclic) bond motifs is 2. The molecule has 2 heterocycles. The van der Waals surface area contributed by atoms with Crippen LogP contribution in [0, 0.1) is 5.92 Å². The van der Waals surface area contributed by atoms with Crippen LogP contribution in [0.25, 0.3) is 0 Å². The Morgan fingerprint density at radius 2 is 1.71 bits per heavy atom. The standard InChI is InChI=1S/C11H14O3/c1-6-7-2-3-9-10(13-9)5-4-8(7)14-11(6)12/h7-10H,1-5H2. The van der Waals surface area contributed by atoms with Gasteiger partial charge in [0.2, 0.25) is 0 Å². The molecule has 2 saturated heterocycles. The topological polar surface area (TPSA) is 38.8 Å². The van der Waals surface area contributed by atoms with E-state index in [9.17, 15) is 4.79 Å². The van der Waals surface area contributed by atoms with Gasteiger partial charge in [-0.2, -0.15) is 0 Å². The number of hydrogen-bond donors (Lipinski definition) is 0. The van der Waals surface area contributed by atoms with Crippen LogP contribution < -0.4 is 0 Å². The number of carbonyl (C=O) groups is 1. The fourth-order valence-corrected chi connectivity index (χ4v) is 2.65. The summed E-state index contributed by atoms with van der Waals surface area (Å²) in [6, 6.07) is 0. The molecule has 4 unspecified atom stereocenters. The van der Waals surface area contributed by atoms with E-state index in [-0.39, 0.29) is 18.0 Å². The predicted octanol–water partition coefficient (Wildman–Crippen LogP) is 1.43. The number of esters is 1. The molecule has 4 atom stereocenters. The summed E-state index contributed by atoms with van der Waals surface area (Å²) in [4.78, 5) is 11.3. The van der Waals surface area contributed by atoms with Crippen LogP contribution in [0.3, 0.4) is 0 Å². The largest absolute Gasteiger partial charge is 0.458 e. The lowest BCUT2D eigenvalue weighted by Gasteiger charge is -2.18. The summed E-state index contributed by atoms with van der Waals surface area (Å²) in [7, 11) is 0. The van der Waals surface area contributed by atoms with Crippen LogP contribution in [-0.2, 0) is 14.3 Å². The lowest BCUT2D eigenvalue weighted by Crippen LogP contribution is -2.20. The van der Waals surface area contributed by atoms with Crippen molar-refractivity contribution in [3.05, 3.63) is 12.2 Å². The quantitative estimate of drug-likeness (QED) is 0.332. The van der Waals surface area contributed by atoms with Crippen LogP contribution in [0.2, 0.25) is 0 Å². The summed E-state index contributed by atoms with van der Waals surface area (Å²) in [5, 5.41) is 0. The molecule has 0 aromatic heterocycles. The molecule has 0 N–H and O–H groups in total. The van der Waals surface area contributed by atoms with Crippen LogP contribution in [0.1, 0.15) is 25.7 Å². The monoisotopic (exact) mass is 194 g/mol. The molecule has 2 aliphatic heterocycles. The summed E-state index contributed by atoms with van der Waals surface area (Å²) in [5.74, 6) is 0.0733. The molecule has 14 heavy (non-hydrogen) atoms. The van der Waals surface area contributed by atoms with Crippen molar-refractivity contribution in [2.75, 3.05) is 0 Å². The third-order valence-corrected chi connectivity index (χ3v) is 3.60. The van der Waals surface area contributed by atoms with Gasteiger partial charge in [0.15, 0.2) is 0 Å². The summed E-state index contributed by atoms with van der Waals surface area (Å²) >= 11 is 0. The number of carbonyl (C=O) groups excluding carboxylic acids is 1. The predicted molar refractivity (Wildman–Crippen MR) is 49.6 cm³/mol. The minimum Gasteiger partial charge on any atom is -0.458 e. The van der Waals surface area contributed by atoms with Crippen molar-refractivity contribution < 1.29 is 14.3 Å². The highest BCUT2D eigenvalue weighted by Gasteiger charge is 2.46. The summed E-state index contributed by atoms with van der Waals surface area (Å²) in [6.07, 6.45) is 5.02. The minimum absolute atomic E-state index is 0.0835. The molecule has 3 fully saturated rings. The molecule has 3 nitrogen and oxygen atoms in total. The fraction of sp³-hybridized carbons (Fsp3) is 0.727. The first-order valence-corrected chi connectivity index (χ1v) is 5.31. The van der Waals surface area contributed by atoms with Crippen molar-refractivity contribution >= 4 is 5.97 Å². The Balaban J connectivity index is 1.77. The average molecular weight is 194 g/mol. The zero-order valence-corrected chi connectivity index (χ0v) is 8.07. The number of ether oxygens (including phenoxy) is 2. The molecule has 0 aromatic rings. The van der Waals surface area contributed by atoms with E-state index < -0.39 is 0 Å². The summed E-state index contributed by atoms with van der Waals surface area (Å²) in [5.41, 5.74) is 0.675. The zero-order valence-electron chi connectivity index (χ0n) is 8.07. The van der Waals surface area contributed by atoms with Gasteiger partial charge in [-0.3, -0.25) is 0 Å². The maximum absolute atomic E-state index is 11.3. The van der Waals surface area contributed by atoms with Gasteiger partial charge in [-0.25, -0.2) is 4.79 Å². The molecule has 3 aliphatic rings. The van der Waals surface area contributed by atoms with Crippen LogP contribution >= 0.6 is 0 Å². The van der Waals surface area contributed by atoms with Gasteiger partial charge in [-0.15, -0.1) is 0 Å². The highest BCUT2D eigenvalue weighted by atomic mass is 16.6. The molecule has 0 aromatic carbocycles. The maximum atomic E-state index is 11.3. The van der Waals surface area contributed by atoms with Gasteiger partial charge in [0, 0.05) is 11.5 Å². The summed E-state index contributed by atoms with van der Waals surface area (Å²) < 4.78 is 10.8. The smallest absolute Gasteiger partial charge is 0.334 e. The van der Waals surface area contributed by atoms with Gasteiger partial charge in [-0.05, 0) is 25.7 Å². The van der Waals surface area contributed by atoms with Crippen molar-refractivity contribution in [1.82, 2.24) is 0 Å². The van der Waals surface area contributed by atoms with Gasteiger partial charge >= 0.3 is 5.97 Å². The molecular formula is C11H14O3. The molecule has 0 spiro atoms. The molecule has 0 bridgehead atoms. The van der Waals surface area contributed by atoms with Gasteiger partial charge in [0.25, 0.3) is 0 Å². The van der Waals surface area contributed by atoms with E-state index in [2.05, 4.69) is 6.58 Å². The molecule has 76 valence electrons. The van der Waals surface area contributed by atoms with Gasteiger partial charge in [0.05, 0.1) is 12.2 Å². The van der Waals surface area contributed by atoms with E-state index in [4.69, 9.17) is 9.47 Å². The third kappa shape index (κ3) is 1.19. The Morgan fingerprint density at radius 3 is 2.50 bits per heavy atom. The van der Waals surface area contributed by atoms with E-state index >= 15 is 0 Å². The van der Waals surface area contributed by atoms with Crippen molar-refractivity contribution in [2.24, 2.45) is 5.92 Å². The first kappa shape index (κ1) is 8.48. The fourth-order valence-electron chi connectivity index (χ4n) is 2.65. The van der Waals surface area contributed by atoms with Gasteiger partial charge in [0.1, 0.15) is 6.10 Å². The Labute approximate surface area is 83.1 Å². The Morgan fingerprint density at radius 1 is 1.07 bits per heavy atom. The minimum atomic E-state index is -0.184. The van der Waals surface area contributed by atoms with E-state index in [0.29, 0.717) is 17.8 Å². The van der Waals surface area contributed by atoms with Gasteiger partial charge < -0.3 is 9.47 Å². The van der Waals surface area contributed by atoms with Crippen LogP contribution in [0.4, 0.5) is 0 Å². The maximum Gasteiger partial charge on any atom is 0.334 e. The van der Waals surface area contributed by atoms with Crippen molar-refractivity contribution in [2.45, 2.75) is 44.0 Å². The van der Waals surface area contributed by atoms with Crippen LogP contribution in [0.5, 0.6) is 0 Å². The number of rotatable bonds is 0. The normalized spacial score (nSPS) is 46.0. The average Bonchev–Trinajstić information content (AvgIpc) is 2.82. The lowest BCUT2D eigenvalue weighted by molar-refractivity contribution is -0.139. The van der Waals surface area contributed by atoms with Crippen LogP contribution in [-0.4, -0.2) is 24.3 Å². The van der Waals surface area contributed by atoms with E-state index in [1.807, 2.05) is 0 Å². The molecule has 1 aliphatic carbocycles. The van der Waals surface area contributed by atoms with E-state index in [0.717, 1.165) is 25.7 Å². The summed E-state index contributed by atoms with van der Waals surface area (Å²) in [6.45, 7) is 3.82. The second kappa shape index (κ2) is 2.83. The molecule has 0 radical (unpaired) electrons. The Hall–Kier alpha value is -0.830. The highest BCUT2D eigenvalue weighted by molar-refractivity contribution is 5.90. The molecule has 3 heteroatoms. The second-order valence-electron chi connectivity index (χ2n) is 4.44. The lowest BCUT2D eigenvalue weighted by atomic mass is 9.86. The Bertz CT molecular complexity index is 297. The second-order valence-corrected chi connectivity index (χ2v) is 4.44. The third-order valence-electron chi connectivity index (χ3n) is 3.60. The molecule has 1 saturated carbocycles. The van der Waals surface area contributed by atoms with Gasteiger partial charge in [-0.1, -0.05) is 6.58 Å². The molecular weight excluding hydrogens is 180 g/mol. The molecule has 3 rings (SSSR count). The van der Waals surface area contributed by atoms with Crippen molar-refractivity contribution in [3.8, 4) is 0 Å². The van der Waals surface area contributed by atoms with E-state index in [1.165, 1.54) is 0 Å². The number of epoxide rings is 1. The van der Waals surface area contributed by atoms with Crippen molar-refractivity contribution in [3.63, 3.8) is 0 Å². The SMILES string of the molecule is C=C1C(=O)OC2CCC3OC3CCC12. The Kier molecular flexibility index (Phi) is 1.71. The molecule has 0 amide bonds. The first-order chi connectivity index (χ1) is 6.75. The van der Waals surface area contributed by atoms with E-state index in [1.54, 1.807) is 0 Å². The first-order valence-electron chi connectivity index (χ1n) is 5.31. The number of hydrogen-bond acceptors (Lipinski definition) is 3. The van der Waals surface area contributed by atoms with Crippen LogP contribution in [0.15, 0.2) is 12.2 Å². The zero-order chi connectivity index (χ0) is 9.71.